The summed E-state index contributed by atoms with van der Waals surface area (Å²) in [5.74, 6) is 0.0518. The van der Waals surface area contributed by atoms with Crippen LogP contribution in [-0.4, -0.2) is 66.1 Å². The molecule has 0 N–H and O–H groups in total. The van der Waals surface area contributed by atoms with Crippen molar-refractivity contribution in [1.29, 1.82) is 0 Å². The SMILES string of the molecule is Cc1nc(C(=O)N2CCOC3(CCN(C)CC3)C2)cs1. The molecule has 1 amide bonds. The Morgan fingerprint density at radius 1 is 1.40 bits per heavy atom. The van der Waals surface area contributed by atoms with E-state index in [9.17, 15) is 4.79 Å². The summed E-state index contributed by atoms with van der Waals surface area (Å²) in [7, 11) is 2.14. The van der Waals surface area contributed by atoms with Crippen LogP contribution in [-0.2, 0) is 4.74 Å². The number of ether oxygens (including phenoxy) is 1. The van der Waals surface area contributed by atoms with Crippen molar-refractivity contribution in [2.75, 3.05) is 39.8 Å². The number of hydrogen-bond acceptors (Lipinski definition) is 5. The summed E-state index contributed by atoms with van der Waals surface area (Å²) in [5.41, 5.74) is 0.448. The zero-order chi connectivity index (χ0) is 14.2. The zero-order valence-electron chi connectivity index (χ0n) is 12.1. The molecule has 0 atom stereocenters. The van der Waals surface area contributed by atoms with Crippen molar-refractivity contribution in [1.82, 2.24) is 14.8 Å². The Morgan fingerprint density at radius 2 is 2.15 bits per heavy atom. The number of rotatable bonds is 1. The molecule has 6 heteroatoms. The van der Waals surface area contributed by atoms with Crippen LogP contribution >= 0.6 is 11.3 Å². The lowest BCUT2D eigenvalue weighted by Gasteiger charge is -2.46. The third-order valence-corrected chi connectivity index (χ3v) is 5.05. The fourth-order valence-corrected chi connectivity index (χ4v) is 3.56. The molecule has 2 aliphatic rings. The Hall–Kier alpha value is -0.980. The molecule has 0 aliphatic carbocycles. The fourth-order valence-electron chi connectivity index (χ4n) is 2.97. The molecule has 0 aromatic carbocycles. The van der Waals surface area contributed by atoms with Gasteiger partial charge in [-0.05, 0) is 26.8 Å². The second-order valence-electron chi connectivity index (χ2n) is 5.81. The number of aryl methyl sites for hydroxylation is 1. The van der Waals surface area contributed by atoms with Gasteiger partial charge in [-0.1, -0.05) is 0 Å². The van der Waals surface area contributed by atoms with E-state index in [1.807, 2.05) is 17.2 Å². The van der Waals surface area contributed by atoms with Crippen LogP contribution < -0.4 is 0 Å². The van der Waals surface area contributed by atoms with Crippen molar-refractivity contribution in [2.24, 2.45) is 0 Å². The van der Waals surface area contributed by atoms with Gasteiger partial charge >= 0.3 is 0 Å². The standard InChI is InChI=1S/C14H21N3O2S/c1-11-15-12(9-20-11)13(18)17-7-8-19-14(10-17)3-5-16(2)6-4-14/h9H,3-8,10H2,1-2H3. The fraction of sp³-hybridized carbons (Fsp3) is 0.714. The summed E-state index contributed by atoms with van der Waals surface area (Å²) >= 11 is 1.53. The predicted molar refractivity (Wildman–Crippen MR) is 78.2 cm³/mol. The number of piperidine rings is 1. The van der Waals surface area contributed by atoms with Crippen LogP contribution in [0.25, 0.3) is 0 Å². The lowest BCUT2D eigenvalue weighted by atomic mass is 9.89. The minimum absolute atomic E-state index is 0.0518. The number of carbonyl (C=O) groups is 1. The molecule has 5 nitrogen and oxygen atoms in total. The van der Waals surface area contributed by atoms with Crippen LogP contribution in [0.4, 0.5) is 0 Å². The number of likely N-dealkylation sites (tertiary alicyclic amines) is 1. The van der Waals surface area contributed by atoms with Crippen LogP contribution in [0, 0.1) is 6.92 Å². The Morgan fingerprint density at radius 3 is 2.80 bits per heavy atom. The smallest absolute Gasteiger partial charge is 0.273 e. The Bertz CT molecular complexity index is 494. The lowest BCUT2D eigenvalue weighted by molar-refractivity contribution is -0.125. The molecule has 2 saturated heterocycles. The van der Waals surface area contributed by atoms with E-state index in [0.717, 1.165) is 30.9 Å². The molecule has 1 aromatic heterocycles. The molecule has 0 radical (unpaired) electrons. The summed E-state index contributed by atoms with van der Waals surface area (Å²) in [4.78, 5) is 21.1. The lowest BCUT2D eigenvalue weighted by Crippen LogP contribution is -2.57. The monoisotopic (exact) mass is 295 g/mol. The average molecular weight is 295 g/mol. The van der Waals surface area contributed by atoms with E-state index in [1.165, 1.54) is 11.3 Å². The van der Waals surface area contributed by atoms with Crippen molar-refractivity contribution >= 4 is 17.2 Å². The van der Waals surface area contributed by atoms with E-state index in [1.54, 1.807) is 0 Å². The first-order valence-electron chi connectivity index (χ1n) is 7.12. The molecule has 0 saturated carbocycles. The van der Waals surface area contributed by atoms with Gasteiger partial charge in [0.05, 0.1) is 23.8 Å². The summed E-state index contributed by atoms with van der Waals surface area (Å²) in [5, 5.41) is 2.80. The maximum absolute atomic E-state index is 12.5. The summed E-state index contributed by atoms with van der Waals surface area (Å²) in [6.45, 7) is 6.02. The Balaban J connectivity index is 1.70. The maximum Gasteiger partial charge on any atom is 0.273 e. The number of nitrogens with zero attached hydrogens (tertiary/aromatic N) is 3. The normalized spacial score (nSPS) is 23.2. The molecular formula is C14H21N3O2S. The first-order chi connectivity index (χ1) is 9.58. The van der Waals surface area contributed by atoms with Gasteiger partial charge in [0.2, 0.25) is 0 Å². The molecule has 3 rings (SSSR count). The van der Waals surface area contributed by atoms with E-state index in [4.69, 9.17) is 4.74 Å². The Kier molecular flexibility index (Phi) is 3.79. The van der Waals surface area contributed by atoms with Gasteiger partial charge in [-0.3, -0.25) is 4.79 Å². The second-order valence-corrected chi connectivity index (χ2v) is 6.88. The van der Waals surface area contributed by atoms with Crippen LogP contribution in [0.1, 0.15) is 28.3 Å². The highest BCUT2D eigenvalue weighted by Gasteiger charge is 2.40. The second kappa shape index (κ2) is 5.42. The van der Waals surface area contributed by atoms with Crippen LogP contribution in [0.2, 0.25) is 0 Å². The number of carbonyl (C=O) groups excluding carboxylic acids is 1. The van der Waals surface area contributed by atoms with Gasteiger partial charge < -0.3 is 14.5 Å². The van der Waals surface area contributed by atoms with Gasteiger partial charge in [0.25, 0.3) is 5.91 Å². The molecule has 2 fully saturated rings. The molecule has 0 unspecified atom stereocenters. The van der Waals surface area contributed by atoms with Gasteiger partial charge in [-0.15, -0.1) is 11.3 Å². The van der Waals surface area contributed by atoms with Crippen molar-refractivity contribution in [3.8, 4) is 0 Å². The molecule has 3 heterocycles. The van der Waals surface area contributed by atoms with E-state index >= 15 is 0 Å². The molecule has 0 bridgehead atoms. The maximum atomic E-state index is 12.5. The molecule has 20 heavy (non-hydrogen) atoms. The highest BCUT2D eigenvalue weighted by Crippen LogP contribution is 2.30. The first-order valence-corrected chi connectivity index (χ1v) is 8.00. The summed E-state index contributed by atoms with van der Waals surface area (Å²) < 4.78 is 6.04. The van der Waals surface area contributed by atoms with E-state index in [-0.39, 0.29) is 11.5 Å². The summed E-state index contributed by atoms with van der Waals surface area (Å²) in [6, 6.07) is 0. The number of thiazole rings is 1. The quantitative estimate of drug-likeness (QED) is 0.785. The molecule has 2 aliphatic heterocycles. The number of aromatic nitrogens is 1. The van der Waals surface area contributed by atoms with Gasteiger partial charge in [0.15, 0.2) is 0 Å². The van der Waals surface area contributed by atoms with Gasteiger partial charge in [-0.25, -0.2) is 4.98 Å². The highest BCUT2D eigenvalue weighted by molar-refractivity contribution is 7.09. The number of morpholine rings is 1. The van der Waals surface area contributed by atoms with Crippen LogP contribution in [0.5, 0.6) is 0 Å². The van der Waals surface area contributed by atoms with Gasteiger partial charge in [0, 0.05) is 25.0 Å². The molecule has 110 valence electrons. The van der Waals surface area contributed by atoms with Crippen LogP contribution in [0.15, 0.2) is 5.38 Å². The van der Waals surface area contributed by atoms with Crippen molar-refractivity contribution < 1.29 is 9.53 Å². The third kappa shape index (κ3) is 2.73. The number of hydrogen-bond donors (Lipinski definition) is 0. The van der Waals surface area contributed by atoms with Gasteiger partial charge in [-0.2, -0.15) is 0 Å². The molecular weight excluding hydrogens is 274 g/mol. The zero-order valence-corrected chi connectivity index (χ0v) is 12.9. The van der Waals surface area contributed by atoms with Crippen LogP contribution in [0.3, 0.4) is 0 Å². The van der Waals surface area contributed by atoms with Gasteiger partial charge in [0.1, 0.15) is 5.69 Å². The predicted octanol–water partition coefficient (Wildman–Crippen LogP) is 1.39. The van der Waals surface area contributed by atoms with Crippen molar-refractivity contribution in [3.05, 3.63) is 16.1 Å². The van der Waals surface area contributed by atoms with E-state index < -0.39 is 0 Å². The summed E-state index contributed by atoms with van der Waals surface area (Å²) in [6.07, 6.45) is 2.01. The minimum atomic E-state index is -0.133. The van der Waals surface area contributed by atoms with Crippen molar-refractivity contribution in [2.45, 2.75) is 25.4 Å². The highest BCUT2D eigenvalue weighted by atomic mass is 32.1. The average Bonchev–Trinajstić information content (AvgIpc) is 2.88. The minimum Gasteiger partial charge on any atom is -0.371 e. The van der Waals surface area contributed by atoms with E-state index in [2.05, 4.69) is 16.9 Å². The topological polar surface area (TPSA) is 45.7 Å². The molecule has 1 aromatic rings. The van der Waals surface area contributed by atoms with E-state index in [0.29, 0.717) is 25.4 Å². The first kappa shape index (κ1) is 14.0. The Labute approximate surface area is 123 Å². The largest absolute Gasteiger partial charge is 0.371 e. The molecule has 1 spiro atoms. The number of amides is 1. The third-order valence-electron chi connectivity index (χ3n) is 4.27. The van der Waals surface area contributed by atoms with Crippen molar-refractivity contribution in [3.63, 3.8) is 0 Å².